The van der Waals surface area contributed by atoms with Crippen molar-refractivity contribution in [2.45, 2.75) is 70.4 Å². The largest absolute Gasteiger partial charge is 0.421 e. The molecule has 3 aromatic rings. The fourth-order valence-corrected chi connectivity index (χ4v) is 4.45. The second kappa shape index (κ2) is 10.9. The van der Waals surface area contributed by atoms with Crippen molar-refractivity contribution < 1.29 is 13.2 Å². The average Bonchev–Trinajstić information content (AvgIpc) is 2.84. The Morgan fingerprint density at radius 3 is 2.41 bits per heavy atom. The van der Waals surface area contributed by atoms with E-state index in [2.05, 4.69) is 33.6 Å². The van der Waals surface area contributed by atoms with Crippen LogP contribution in [0.25, 0.3) is 0 Å². The first-order valence-electron chi connectivity index (χ1n) is 12.1. The van der Waals surface area contributed by atoms with Crippen molar-refractivity contribution in [1.29, 1.82) is 0 Å². The molecule has 1 aromatic heterocycles. The van der Waals surface area contributed by atoms with E-state index in [4.69, 9.17) is 0 Å². The fourth-order valence-electron chi connectivity index (χ4n) is 4.45. The molecule has 0 bridgehead atoms. The first kappa shape index (κ1) is 24.0. The van der Waals surface area contributed by atoms with Crippen LogP contribution >= 0.6 is 0 Å². The Balaban J connectivity index is 1.55. The van der Waals surface area contributed by atoms with Crippen LogP contribution in [0.15, 0.2) is 54.7 Å². The summed E-state index contributed by atoms with van der Waals surface area (Å²) in [5.74, 6) is 0.311. The van der Waals surface area contributed by atoms with Gasteiger partial charge < -0.3 is 10.6 Å². The zero-order valence-electron chi connectivity index (χ0n) is 19.5. The molecule has 34 heavy (non-hydrogen) atoms. The molecule has 4 rings (SSSR count). The topological polar surface area (TPSA) is 49.8 Å². The molecular formula is C27H31F3N4. The minimum Gasteiger partial charge on any atom is -0.340 e. The van der Waals surface area contributed by atoms with E-state index < -0.39 is 11.7 Å². The highest BCUT2D eigenvalue weighted by Gasteiger charge is 2.35. The number of halogens is 3. The molecule has 0 spiro atoms. The van der Waals surface area contributed by atoms with Gasteiger partial charge in [-0.25, -0.2) is 4.98 Å². The molecule has 0 radical (unpaired) electrons. The predicted molar refractivity (Wildman–Crippen MR) is 131 cm³/mol. The molecular weight excluding hydrogens is 437 g/mol. The average molecular weight is 469 g/mol. The monoisotopic (exact) mass is 468 g/mol. The van der Waals surface area contributed by atoms with Crippen molar-refractivity contribution in [3.8, 4) is 0 Å². The lowest BCUT2D eigenvalue weighted by atomic mass is 9.84. The van der Waals surface area contributed by atoms with Crippen molar-refractivity contribution >= 4 is 23.1 Å². The fraction of sp³-hybridized carbons (Fsp3) is 0.407. The first-order valence-corrected chi connectivity index (χ1v) is 12.1. The number of anilines is 4. The Labute approximate surface area is 199 Å². The number of hydrogen-bond donors (Lipinski definition) is 2. The van der Waals surface area contributed by atoms with Crippen LogP contribution in [0.4, 0.5) is 36.3 Å². The molecule has 0 amide bonds. The highest BCUT2D eigenvalue weighted by Crippen LogP contribution is 2.37. The van der Waals surface area contributed by atoms with Crippen LogP contribution in [0, 0.1) is 0 Å². The zero-order valence-corrected chi connectivity index (χ0v) is 19.5. The molecule has 4 nitrogen and oxygen atoms in total. The summed E-state index contributed by atoms with van der Waals surface area (Å²) in [5, 5.41) is 5.93. The minimum absolute atomic E-state index is 0.111. The van der Waals surface area contributed by atoms with Crippen LogP contribution in [-0.4, -0.2) is 9.97 Å². The lowest BCUT2D eigenvalue weighted by molar-refractivity contribution is -0.137. The SMILES string of the molecule is CCCCc1ccc(Nc2ncc(C(F)(F)F)c(Nc3cccc(C4CCCCC4)c3)n2)cc1. The van der Waals surface area contributed by atoms with Gasteiger partial charge in [0.2, 0.25) is 5.95 Å². The van der Waals surface area contributed by atoms with Crippen molar-refractivity contribution in [3.63, 3.8) is 0 Å². The summed E-state index contributed by atoms with van der Waals surface area (Å²) in [6.07, 6.45) is 5.39. The van der Waals surface area contributed by atoms with Gasteiger partial charge in [-0.15, -0.1) is 0 Å². The lowest BCUT2D eigenvalue weighted by Crippen LogP contribution is -2.13. The Kier molecular flexibility index (Phi) is 7.70. The number of unbranched alkanes of at least 4 members (excludes halogenated alkanes) is 1. The van der Waals surface area contributed by atoms with Gasteiger partial charge in [-0.2, -0.15) is 18.2 Å². The molecule has 180 valence electrons. The van der Waals surface area contributed by atoms with E-state index >= 15 is 0 Å². The quantitative estimate of drug-likeness (QED) is 0.349. The summed E-state index contributed by atoms with van der Waals surface area (Å²) in [6.45, 7) is 2.15. The van der Waals surface area contributed by atoms with Crippen molar-refractivity contribution in [2.75, 3.05) is 10.6 Å². The van der Waals surface area contributed by atoms with E-state index in [1.165, 1.54) is 24.8 Å². The van der Waals surface area contributed by atoms with Crippen LogP contribution in [0.3, 0.4) is 0 Å². The van der Waals surface area contributed by atoms with Crippen LogP contribution < -0.4 is 10.6 Å². The Morgan fingerprint density at radius 1 is 0.941 bits per heavy atom. The molecule has 1 aliphatic carbocycles. The van der Waals surface area contributed by atoms with Gasteiger partial charge in [0.1, 0.15) is 11.4 Å². The summed E-state index contributed by atoms with van der Waals surface area (Å²) in [7, 11) is 0. The van der Waals surface area contributed by atoms with E-state index in [1.807, 2.05) is 36.4 Å². The maximum atomic E-state index is 13.7. The zero-order chi connectivity index (χ0) is 24.0. The van der Waals surface area contributed by atoms with E-state index in [0.29, 0.717) is 11.6 Å². The first-order chi connectivity index (χ1) is 16.4. The number of nitrogens with one attached hydrogen (secondary N) is 2. The Hall–Kier alpha value is -3.09. The lowest BCUT2D eigenvalue weighted by Gasteiger charge is -2.22. The van der Waals surface area contributed by atoms with Crippen LogP contribution in [0.5, 0.6) is 0 Å². The molecule has 1 saturated carbocycles. The van der Waals surface area contributed by atoms with Crippen LogP contribution in [-0.2, 0) is 12.6 Å². The summed E-state index contributed by atoms with van der Waals surface area (Å²) in [6, 6.07) is 15.5. The van der Waals surface area contributed by atoms with Gasteiger partial charge >= 0.3 is 6.18 Å². The van der Waals surface area contributed by atoms with Gasteiger partial charge in [0, 0.05) is 17.6 Å². The molecule has 0 atom stereocenters. The third-order valence-corrected chi connectivity index (χ3v) is 6.35. The summed E-state index contributed by atoms with van der Waals surface area (Å²) in [5.41, 5.74) is 2.81. The highest BCUT2D eigenvalue weighted by molar-refractivity contribution is 5.63. The van der Waals surface area contributed by atoms with Crippen molar-refractivity contribution in [2.24, 2.45) is 0 Å². The summed E-state index contributed by atoms with van der Waals surface area (Å²) < 4.78 is 41.1. The maximum absolute atomic E-state index is 13.7. The van der Waals surface area contributed by atoms with Crippen LogP contribution in [0.2, 0.25) is 0 Å². The molecule has 1 aliphatic rings. The molecule has 0 unspecified atom stereocenters. The summed E-state index contributed by atoms with van der Waals surface area (Å²) >= 11 is 0. The number of aromatic nitrogens is 2. The number of nitrogens with zero attached hydrogens (tertiary/aromatic N) is 2. The van der Waals surface area contributed by atoms with E-state index in [0.717, 1.165) is 49.6 Å². The molecule has 0 saturated heterocycles. The van der Waals surface area contributed by atoms with Gasteiger partial charge in [0.05, 0.1) is 0 Å². The second-order valence-corrected chi connectivity index (χ2v) is 8.96. The second-order valence-electron chi connectivity index (χ2n) is 8.96. The number of rotatable bonds is 8. The van der Waals surface area contributed by atoms with Crippen molar-refractivity contribution in [3.05, 3.63) is 71.4 Å². The van der Waals surface area contributed by atoms with E-state index in [-0.39, 0.29) is 11.8 Å². The normalized spacial score (nSPS) is 14.7. The third-order valence-electron chi connectivity index (χ3n) is 6.35. The standard InChI is InChI=1S/C27H31F3N4/c1-2-3-8-19-13-15-22(16-14-19)33-26-31-18-24(27(28,29)30)25(34-26)32-23-12-7-11-21(17-23)20-9-5-4-6-10-20/h7,11-18,20H,2-6,8-10H2,1H3,(H2,31,32,33,34). The highest BCUT2D eigenvalue weighted by atomic mass is 19.4. The molecule has 7 heteroatoms. The van der Waals surface area contributed by atoms with Gasteiger partial charge in [0.25, 0.3) is 0 Å². The minimum atomic E-state index is -4.57. The molecule has 1 fully saturated rings. The predicted octanol–water partition coefficient (Wildman–Crippen LogP) is 8.37. The number of benzene rings is 2. The summed E-state index contributed by atoms with van der Waals surface area (Å²) in [4.78, 5) is 8.11. The molecule has 2 N–H and O–H groups in total. The molecule has 1 heterocycles. The third kappa shape index (κ3) is 6.27. The van der Waals surface area contributed by atoms with Gasteiger partial charge in [-0.3, -0.25) is 0 Å². The molecule has 2 aromatic carbocycles. The Bertz CT molecular complexity index is 1070. The number of alkyl halides is 3. The maximum Gasteiger partial charge on any atom is 0.421 e. The van der Waals surface area contributed by atoms with Gasteiger partial charge in [0.15, 0.2) is 0 Å². The Morgan fingerprint density at radius 2 is 1.71 bits per heavy atom. The van der Waals surface area contributed by atoms with Gasteiger partial charge in [-0.05, 0) is 67.0 Å². The number of aryl methyl sites for hydroxylation is 1. The van der Waals surface area contributed by atoms with Crippen molar-refractivity contribution in [1.82, 2.24) is 9.97 Å². The van der Waals surface area contributed by atoms with E-state index in [1.54, 1.807) is 6.07 Å². The van der Waals surface area contributed by atoms with E-state index in [9.17, 15) is 13.2 Å². The van der Waals surface area contributed by atoms with Crippen LogP contribution in [0.1, 0.15) is 74.5 Å². The number of hydrogen-bond acceptors (Lipinski definition) is 4. The van der Waals surface area contributed by atoms with Gasteiger partial charge in [-0.1, -0.05) is 56.9 Å². The smallest absolute Gasteiger partial charge is 0.340 e. The molecule has 0 aliphatic heterocycles.